The second-order valence-electron chi connectivity index (χ2n) is 5.53. The van der Waals surface area contributed by atoms with Gasteiger partial charge < -0.3 is 14.8 Å². The second kappa shape index (κ2) is 4.97. The smallest absolute Gasteiger partial charge is 0.0875 e. The lowest BCUT2D eigenvalue weighted by Crippen LogP contribution is -3.14. The minimum atomic E-state index is -0.933. The van der Waals surface area contributed by atoms with E-state index in [4.69, 9.17) is 0 Å². The maximum atomic E-state index is 10.9. The van der Waals surface area contributed by atoms with Gasteiger partial charge in [0.2, 0.25) is 0 Å². The largest absolute Gasteiger partial charge is 0.549 e. The Kier molecular flexibility index (Phi) is 4.14. The highest BCUT2D eigenvalue weighted by atomic mass is 16.4. The zero-order chi connectivity index (χ0) is 11.5. The number of rotatable bonds is 4. The van der Waals surface area contributed by atoms with Crippen molar-refractivity contribution in [1.29, 1.82) is 0 Å². The molecule has 0 bridgehead atoms. The molecule has 0 aromatic rings. The molecule has 1 saturated carbocycles. The van der Waals surface area contributed by atoms with E-state index in [9.17, 15) is 9.90 Å². The van der Waals surface area contributed by atoms with Gasteiger partial charge in [-0.25, -0.2) is 0 Å². The fourth-order valence-corrected chi connectivity index (χ4v) is 2.51. The van der Waals surface area contributed by atoms with Gasteiger partial charge in [0.05, 0.1) is 31.0 Å². The van der Waals surface area contributed by atoms with E-state index in [2.05, 4.69) is 7.05 Å². The van der Waals surface area contributed by atoms with Gasteiger partial charge in [-0.3, -0.25) is 0 Å². The first kappa shape index (κ1) is 12.5. The summed E-state index contributed by atoms with van der Waals surface area (Å²) < 4.78 is 0. The first-order valence-electron chi connectivity index (χ1n) is 5.97. The fraction of sp³-hybridized carbons (Fsp3) is 0.917. The normalized spacial score (nSPS) is 21.3. The van der Waals surface area contributed by atoms with E-state index < -0.39 is 11.4 Å². The summed E-state index contributed by atoms with van der Waals surface area (Å²) in [5, 5.41) is 10.9. The Morgan fingerprint density at radius 3 is 2.33 bits per heavy atom. The summed E-state index contributed by atoms with van der Waals surface area (Å²) in [6.45, 7) is 4.18. The molecule has 88 valence electrons. The lowest BCUT2D eigenvalue weighted by atomic mass is 9.89. The number of carboxylic acids is 1. The van der Waals surface area contributed by atoms with Crippen molar-refractivity contribution in [2.75, 3.05) is 13.6 Å². The number of carbonyl (C=O) groups is 1. The molecule has 0 saturated heterocycles. The minimum Gasteiger partial charge on any atom is -0.549 e. The molecule has 1 aliphatic rings. The van der Waals surface area contributed by atoms with Crippen LogP contribution in [0.4, 0.5) is 0 Å². The van der Waals surface area contributed by atoms with Crippen molar-refractivity contribution in [2.24, 2.45) is 5.41 Å². The van der Waals surface area contributed by atoms with Crippen molar-refractivity contribution < 1.29 is 14.8 Å². The molecule has 15 heavy (non-hydrogen) atoms. The minimum absolute atomic E-state index is 0.650. The third-order valence-corrected chi connectivity index (χ3v) is 3.58. The van der Waals surface area contributed by atoms with Crippen molar-refractivity contribution in [3.8, 4) is 0 Å². The highest BCUT2D eigenvalue weighted by Crippen LogP contribution is 2.16. The summed E-state index contributed by atoms with van der Waals surface area (Å²) in [6.07, 6.45) is 6.43. The van der Waals surface area contributed by atoms with Crippen LogP contribution in [0, 0.1) is 5.41 Å². The van der Waals surface area contributed by atoms with Crippen LogP contribution in [0.5, 0.6) is 0 Å². The SMILES string of the molecule is C[NH+](CC(C)(C)C(=O)[O-])C1CCCCC1. The number of hydrogen-bond donors (Lipinski definition) is 1. The Morgan fingerprint density at radius 1 is 1.33 bits per heavy atom. The van der Waals surface area contributed by atoms with Crippen LogP contribution in [0.15, 0.2) is 0 Å². The molecule has 0 aromatic carbocycles. The van der Waals surface area contributed by atoms with E-state index in [1.54, 1.807) is 13.8 Å². The van der Waals surface area contributed by atoms with E-state index >= 15 is 0 Å². The topological polar surface area (TPSA) is 44.6 Å². The monoisotopic (exact) mass is 213 g/mol. The summed E-state index contributed by atoms with van der Waals surface area (Å²) in [6, 6.07) is 0.650. The van der Waals surface area contributed by atoms with Gasteiger partial charge in [-0.15, -0.1) is 0 Å². The zero-order valence-electron chi connectivity index (χ0n) is 10.1. The Bertz CT molecular complexity index is 220. The number of quaternary nitrogens is 1. The van der Waals surface area contributed by atoms with Crippen LogP contribution in [0.1, 0.15) is 46.0 Å². The van der Waals surface area contributed by atoms with Crippen molar-refractivity contribution in [3.05, 3.63) is 0 Å². The van der Waals surface area contributed by atoms with E-state index in [0.717, 1.165) is 0 Å². The van der Waals surface area contributed by atoms with Crippen LogP contribution in [-0.2, 0) is 4.79 Å². The van der Waals surface area contributed by atoms with Crippen LogP contribution >= 0.6 is 0 Å². The van der Waals surface area contributed by atoms with E-state index in [1.807, 2.05) is 0 Å². The molecule has 0 heterocycles. The maximum absolute atomic E-state index is 10.9. The number of carbonyl (C=O) groups excluding carboxylic acids is 1. The summed E-state index contributed by atoms with van der Waals surface area (Å²) in [4.78, 5) is 12.3. The summed E-state index contributed by atoms with van der Waals surface area (Å²) in [5.41, 5.74) is -0.707. The number of carboxylic acid groups (broad SMARTS) is 1. The van der Waals surface area contributed by atoms with Gasteiger partial charge in [0.15, 0.2) is 0 Å². The molecule has 3 nitrogen and oxygen atoms in total. The van der Waals surface area contributed by atoms with Crippen LogP contribution in [0.25, 0.3) is 0 Å². The standard InChI is InChI=1S/C12H23NO2/c1-12(2,11(14)15)9-13(3)10-7-5-4-6-8-10/h10H,4-9H2,1-3H3,(H,14,15). The first-order valence-corrected chi connectivity index (χ1v) is 5.97. The summed E-state index contributed by atoms with van der Waals surface area (Å²) in [5.74, 6) is -0.933. The van der Waals surface area contributed by atoms with Gasteiger partial charge in [-0.05, 0) is 39.5 Å². The van der Waals surface area contributed by atoms with Gasteiger partial charge in [0, 0.05) is 0 Å². The molecular weight excluding hydrogens is 190 g/mol. The number of aliphatic carboxylic acids is 1. The molecule has 1 aliphatic carbocycles. The maximum Gasteiger partial charge on any atom is 0.0875 e. The Hall–Kier alpha value is -0.570. The van der Waals surface area contributed by atoms with E-state index in [1.165, 1.54) is 37.0 Å². The fourth-order valence-electron chi connectivity index (χ4n) is 2.51. The zero-order valence-corrected chi connectivity index (χ0v) is 10.1. The average Bonchev–Trinajstić information content (AvgIpc) is 2.18. The summed E-state index contributed by atoms with van der Waals surface area (Å²) in [7, 11) is 2.11. The molecule has 0 radical (unpaired) electrons. The van der Waals surface area contributed by atoms with Gasteiger partial charge in [-0.2, -0.15) is 0 Å². The molecule has 1 N–H and O–H groups in total. The van der Waals surface area contributed by atoms with E-state index in [-0.39, 0.29) is 0 Å². The molecule has 1 unspecified atom stereocenters. The van der Waals surface area contributed by atoms with Crippen molar-refractivity contribution >= 4 is 5.97 Å². The Labute approximate surface area is 92.5 Å². The predicted octanol–water partition coefficient (Wildman–Crippen LogP) is -0.390. The van der Waals surface area contributed by atoms with Crippen LogP contribution in [0.2, 0.25) is 0 Å². The van der Waals surface area contributed by atoms with Crippen molar-refractivity contribution in [1.82, 2.24) is 0 Å². The molecule has 1 rings (SSSR count). The lowest BCUT2D eigenvalue weighted by Gasteiger charge is -2.34. The summed E-state index contributed by atoms with van der Waals surface area (Å²) >= 11 is 0. The molecule has 0 amide bonds. The number of hydrogen-bond acceptors (Lipinski definition) is 2. The van der Waals surface area contributed by atoms with Gasteiger partial charge in [0.25, 0.3) is 0 Å². The van der Waals surface area contributed by atoms with Crippen LogP contribution in [-0.4, -0.2) is 25.6 Å². The Balaban J connectivity index is 2.46. The quantitative estimate of drug-likeness (QED) is 0.691. The second-order valence-corrected chi connectivity index (χ2v) is 5.53. The highest BCUT2D eigenvalue weighted by Gasteiger charge is 2.29. The van der Waals surface area contributed by atoms with Crippen LogP contribution in [0.3, 0.4) is 0 Å². The third-order valence-electron chi connectivity index (χ3n) is 3.58. The van der Waals surface area contributed by atoms with Crippen molar-refractivity contribution in [2.45, 2.75) is 52.0 Å². The molecule has 0 aromatic heterocycles. The van der Waals surface area contributed by atoms with Gasteiger partial charge >= 0.3 is 0 Å². The van der Waals surface area contributed by atoms with Gasteiger partial charge in [0.1, 0.15) is 0 Å². The van der Waals surface area contributed by atoms with Gasteiger partial charge in [-0.1, -0.05) is 6.42 Å². The highest BCUT2D eigenvalue weighted by molar-refractivity contribution is 5.71. The Morgan fingerprint density at radius 2 is 1.87 bits per heavy atom. The third kappa shape index (κ3) is 3.49. The number of nitrogens with one attached hydrogen (secondary N) is 1. The lowest BCUT2D eigenvalue weighted by molar-refractivity contribution is -0.912. The molecule has 1 atom stereocenters. The van der Waals surface area contributed by atoms with Crippen LogP contribution < -0.4 is 10.0 Å². The first-order chi connectivity index (χ1) is 6.93. The van der Waals surface area contributed by atoms with E-state index in [0.29, 0.717) is 12.6 Å². The van der Waals surface area contributed by atoms with Crippen molar-refractivity contribution in [3.63, 3.8) is 0 Å². The molecule has 0 aliphatic heterocycles. The molecular formula is C12H23NO2. The molecule has 0 spiro atoms. The molecule has 1 fully saturated rings. The molecule has 3 heteroatoms. The predicted molar refractivity (Wildman–Crippen MR) is 57.4 cm³/mol. The average molecular weight is 213 g/mol.